The number of hydrogen-bond acceptors (Lipinski definition) is 1. The average Bonchev–Trinajstić information content (AvgIpc) is 3.02. The molecule has 0 spiro atoms. The van der Waals surface area contributed by atoms with E-state index in [1.54, 1.807) is 0 Å². The largest absolute Gasteiger partial charge is 0.455 e. The molecule has 0 radical (unpaired) electrons. The van der Waals surface area contributed by atoms with Gasteiger partial charge in [-0.1, -0.05) is 61.9 Å². The Morgan fingerprint density at radius 3 is 2.57 bits per heavy atom. The van der Waals surface area contributed by atoms with Gasteiger partial charge in [-0.05, 0) is 42.0 Å². The van der Waals surface area contributed by atoms with Gasteiger partial charge in [0.25, 0.3) is 0 Å². The number of benzene rings is 3. The van der Waals surface area contributed by atoms with Gasteiger partial charge in [0.05, 0.1) is 0 Å². The summed E-state index contributed by atoms with van der Waals surface area (Å²) in [6.45, 7) is 4.40. The van der Waals surface area contributed by atoms with E-state index in [9.17, 15) is 0 Å². The van der Waals surface area contributed by atoms with E-state index in [0.717, 1.165) is 29.6 Å². The van der Waals surface area contributed by atoms with Gasteiger partial charge in [0.2, 0.25) is 0 Å². The number of hydrogen-bond donors (Lipinski definition) is 0. The third kappa shape index (κ3) is 2.43. The van der Waals surface area contributed by atoms with E-state index in [-0.39, 0.29) is 0 Å². The molecule has 3 aromatic carbocycles. The SMILES string of the molecule is CCCc1cc(-c2cc3ccc4ccccc4c3o2)ccc1C. The van der Waals surface area contributed by atoms with Crippen molar-refractivity contribution in [3.8, 4) is 11.3 Å². The predicted molar refractivity (Wildman–Crippen MR) is 97.9 cm³/mol. The Kier molecular flexibility index (Phi) is 3.42. The Labute approximate surface area is 136 Å². The first kappa shape index (κ1) is 14.1. The molecule has 114 valence electrons. The average molecular weight is 300 g/mol. The summed E-state index contributed by atoms with van der Waals surface area (Å²) in [7, 11) is 0. The summed E-state index contributed by atoms with van der Waals surface area (Å²) in [6.07, 6.45) is 2.28. The molecule has 0 unspecified atom stereocenters. The zero-order valence-corrected chi connectivity index (χ0v) is 13.6. The van der Waals surface area contributed by atoms with E-state index < -0.39 is 0 Å². The monoisotopic (exact) mass is 300 g/mol. The second-order valence-electron chi connectivity index (χ2n) is 6.21. The van der Waals surface area contributed by atoms with E-state index in [1.165, 1.54) is 27.5 Å². The van der Waals surface area contributed by atoms with Gasteiger partial charge < -0.3 is 4.42 Å². The molecule has 23 heavy (non-hydrogen) atoms. The van der Waals surface area contributed by atoms with Crippen LogP contribution in [0.1, 0.15) is 24.5 Å². The molecule has 0 saturated carbocycles. The van der Waals surface area contributed by atoms with Crippen molar-refractivity contribution < 1.29 is 4.42 Å². The lowest BCUT2D eigenvalue weighted by Gasteiger charge is -2.06. The van der Waals surface area contributed by atoms with Crippen LogP contribution in [0.25, 0.3) is 33.1 Å². The zero-order chi connectivity index (χ0) is 15.8. The van der Waals surface area contributed by atoms with E-state index in [2.05, 4.69) is 74.5 Å². The molecule has 0 amide bonds. The van der Waals surface area contributed by atoms with Gasteiger partial charge in [0.15, 0.2) is 0 Å². The summed E-state index contributed by atoms with van der Waals surface area (Å²) in [5.41, 5.74) is 4.92. The summed E-state index contributed by atoms with van der Waals surface area (Å²) < 4.78 is 6.24. The minimum absolute atomic E-state index is 0.953. The van der Waals surface area contributed by atoms with Crippen LogP contribution >= 0.6 is 0 Å². The quantitative estimate of drug-likeness (QED) is 0.420. The van der Waals surface area contributed by atoms with Crippen LogP contribution < -0.4 is 0 Å². The predicted octanol–water partition coefficient (Wildman–Crippen LogP) is 6.51. The lowest BCUT2D eigenvalue weighted by Crippen LogP contribution is -1.89. The van der Waals surface area contributed by atoms with Gasteiger partial charge in [-0.2, -0.15) is 0 Å². The number of fused-ring (bicyclic) bond motifs is 3. The molecule has 0 aliphatic carbocycles. The molecule has 4 aromatic rings. The Bertz CT molecular complexity index is 991. The van der Waals surface area contributed by atoms with Crippen LogP contribution in [0.2, 0.25) is 0 Å². The summed E-state index contributed by atoms with van der Waals surface area (Å²) in [6, 6.07) is 21.5. The molecule has 1 heteroatoms. The maximum atomic E-state index is 6.24. The van der Waals surface area contributed by atoms with E-state index in [4.69, 9.17) is 4.42 Å². The fraction of sp³-hybridized carbons (Fsp3) is 0.182. The van der Waals surface area contributed by atoms with Crippen molar-refractivity contribution in [1.29, 1.82) is 0 Å². The number of furan rings is 1. The van der Waals surface area contributed by atoms with Crippen LogP contribution in [-0.4, -0.2) is 0 Å². The summed E-state index contributed by atoms with van der Waals surface area (Å²) in [5, 5.41) is 3.56. The molecule has 0 bridgehead atoms. The lowest BCUT2D eigenvalue weighted by molar-refractivity contribution is 0.635. The molecule has 0 atom stereocenters. The number of rotatable bonds is 3. The second-order valence-corrected chi connectivity index (χ2v) is 6.21. The Hall–Kier alpha value is -2.54. The van der Waals surface area contributed by atoms with E-state index >= 15 is 0 Å². The van der Waals surface area contributed by atoms with Crippen LogP contribution in [0, 0.1) is 6.92 Å². The highest BCUT2D eigenvalue weighted by molar-refractivity contribution is 6.05. The maximum Gasteiger partial charge on any atom is 0.142 e. The topological polar surface area (TPSA) is 13.1 Å². The Morgan fingerprint density at radius 1 is 0.870 bits per heavy atom. The third-order valence-electron chi connectivity index (χ3n) is 4.56. The van der Waals surface area contributed by atoms with Crippen molar-refractivity contribution in [2.75, 3.05) is 0 Å². The highest BCUT2D eigenvalue weighted by Crippen LogP contribution is 2.33. The molecule has 1 aromatic heterocycles. The molecule has 1 heterocycles. The third-order valence-corrected chi connectivity index (χ3v) is 4.56. The highest BCUT2D eigenvalue weighted by atomic mass is 16.3. The van der Waals surface area contributed by atoms with Crippen LogP contribution in [0.15, 0.2) is 65.1 Å². The van der Waals surface area contributed by atoms with Crippen molar-refractivity contribution in [2.24, 2.45) is 0 Å². The molecule has 0 N–H and O–H groups in total. The van der Waals surface area contributed by atoms with Crippen LogP contribution in [0.3, 0.4) is 0 Å². The Morgan fingerprint density at radius 2 is 1.70 bits per heavy atom. The van der Waals surface area contributed by atoms with Gasteiger partial charge >= 0.3 is 0 Å². The van der Waals surface area contributed by atoms with Gasteiger partial charge in [-0.25, -0.2) is 0 Å². The lowest BCUT2D eigenvalue weighted by atomic mass is 10.00. The van der Waals surface area contributed by atoms with Gasteiger partial charge in [-0.15, -0.1) is 0 Å². The minimum atomic E-state index is 0.953. The van der Waals surface area contributed by atoms with E-state index in [0.29, 0.717) is 0 Å². The molecule has 0 aliphatic rings. The van der Waals surface area contributed by atoms with Crippen molar-refractivity contribution in [3.05, 3.63) is 71.8 Å². The molecular weight excluding hydrogens is 280 g/mol. The van der Waals surface area contributed by atoms with Gasteiger partial charge in [-0.3, -0.25) is 0 Å². The first-order valence-corrected chi connectivity index (χ1v) is 8.27. The van der Waals surface area contributed by atoms with Crippen molar-refractivity contribution in [2.45, 2.75) is 26.7 Å². The molecular formula is C22H20O. The normalized spacial score (nSPS) is 11.4. The first-order valence-electron chi connectivity index (χ1n) is 8.27. The summed E-state index contributed by atoms with van der Waals surface area (Å²) in [5.74, 6) is 0.953. The fourth-order valence-electron chi connectivity index (χ4n) is 3.27. The van der Waals surface area contributed by atoms with E-state index in [1.807, 2.05) is 0 Å². The smallest absolute Gasteiger partial charge is 0.142 e. The van der Waals surface area contributed by atoms with Crippen molar-refractivity contribution in [1.82, 2.24) is 0 Å². The summed E-state index contributed by atoms with van der Waals surface area (Å²) in [4.78, 5) is 0. The second kappa shape index (κ2) is 5.58. The van der Waals surface area contributed by atoms with Crippen molar-refractivity contribution in [3.63, 3.8) is 0 Å². The summed E-state index contributed by atoms with van der Waals surface area (Å²) >= 11 is 0. The van der Waals surface area contributed by atoms with Crippen LogP contribution in [0.5, 0.6) is 0 Å². The number of aryl methyl sites for hydroxylation is 2. The highest BCUT2D eigenvalue weighted by Gasteiger charge is 2.10. The van der Waals surface area contributed by atoms with Gasteiger partial charge in [0, 0.05) is 16.3 Å². The van der Waals surface area contributed by atoms with Crippen molar-refractivity contribution >= 4 is 21.7 Å². The Balaban J connectivity index is 1.89. The van der Waals surface area contributed by atoms with Gasteiger partial charge in [0.1, 0.15) is 11.3 Å². The standard InChI is InChI=1S/C22H20O/c1-3-6-17-13-18(10-9-15(17)2)21-14-19-12-11-16-7-4-5-8-20(16)22(19)23-21/h4-5,7-14H,3,6H2,1-2H3. The molecule has 4 rings (SSSR count). The van der Waals surface area contributed by atoms with Crippen LogP contribution in [0.4, 0.5) is 0 Å². The van der Waals surface area contributed by atoms with Crippen LogP contribution in [-0.2, 0) is 6.42 Å². The molecule has 0 fully saturated rings. The molecule has 0 saturated heterocycles. The minimum Gasteiger partial charge on any atom is -0.455 e. The molecule has 1 nitrogen and oxygen atoms in total. The zero-order valence-electron chi connectivity index (χ0n) is 13.6. The fourth-order valence-corrected chi connectivity index (χ4v) is 3.27. The maximum absolute atomic E-state index is 6.24. The molecule has 0 aliphatic heterocycles. The first-order chi connectivity index (χ1) is 11.3.